The summed E-state index contributed by atoms with van der Waals surface area (Å²) in [7, 11) is 0. The third-order valence-electron chi connectivity index (χ3n) is 5.25. The molecule has 0 spiro atoms. The molecule has 2 aromatic carbocycles. The minimum atomic E-state index is -0.507. The van der Waals surface area contributed by atoms with Crippen LogP contribution in [0.4, 0.5) is 0 Å². The van der Waals surface area contributed by atoms with Crippen molar-refractivity contribution in [1.29, 1.82) is 0 Å². The molecule has 1 aliphatic heterocycles. The van der Waals surface area contributed by atoms with Gasteiger partial charge < -0.3 is 9.73 Å². The van der Waals surface area contributed by atoms with Crippen molar-refractivity contribution < 1.29 is 9.21 Å². The zero-order chi connectivity index (χ0) is 18.8. The smallest absolute Gasteiger partial charge is 0.408 e. The van der Waals surface area contributed by atoms with Crippen LogP contribution in [-0.4, -0.2) is 34.5 Å². The number of oxazole rings is 1. The maximum absolute atomic E-state index is 12.4. The number of fused-ring (bicyclic) bond motifs is 2. The van der Waals surface area contributed by atoms with Gasteiger partial charge in [0.05, 0.1) is 5.52 Å². The summed E-state index contributed by atoms with van der Waals surface area (Å²) < 4.78 is 6.54. The molecule has 0 saturated heterocycles. The first kappa shape index (κ1) is 17.5. The Balaban J connectivity index is 1.35. The number of hydrogen-bond donors (Lipinski definition) is 1. The number of benzene rings is 2. The average molecular weight is 365 g/mol. The van der Waals surface area contributed by atoms with E-state index in [2.05, 4.69) is 41.4 Å². The van der Waals surface area contributed by atoms with Gasteiger partial charge in [-0.3, -0.25) is 14.3 Å². The second-order valence-corrected chi connectivity index (χ2v) is 7.06. The van der Waals surface area contributed by atoms with Crippen molar-refractivity contribution in [1.82, 2.24) is 14.8 Å². The van der Waals surface area contributed by atoms with Gasteiger partial charge in [0, 0.05) is 25.7 Å². The van der Waals surface area contributed by atoms with Gasteiger partial charge in [-0.05, 0) is 36.6 Å². The lowest BCUT2D eigenvalue weighted by atomic mass is 9.99. The van der Waals surface area contributed by atoms with E-state index in [0.29, 0.717) is 17.6 Å². The lowest BCUT2D eigenvalue weighted by Gasteiger charge is -2.33. The molecule has 1 aliphatic rings. The number of carbonyl (C=O) groups is 1. The van der Waals surface area contributed by atoms with Gasteiger partial charge in [0.25, 0.3) is 0 Å². The van der Waals surface area contributed by atoms with Crippen LogP contribution in [-0.2, 0) is 24.3 Å². The fourth-order valence-electron chi connectivity index (χ4n) is 3.65. The average Bonchev–Trinajstić information content (AvgIpc) is 3.01. The molecule has 27 heavy (non-hydrogen) atoms. The first-order valence-electron chi connectivity index (χ1n) is 9.28. The van der Waals surface area contributed by atoms with Gasteiger partial charge in [-0.15, -0.1) is 0 Å². The van der Waals surface area contributed by atoms with Gasteiger partial charge in [0.1, 0.15) is 6.54 Å². The largest absolute Gasteiger partial charge is 0.420 e. The number of nitrogens with zero attached hydrogens (tertiary/aromatic N) is 2. The summed E-state index contributed by atoms with van der Waals surface area (Å²) in [5.74, 6) is -0.694. The van der Waals surface area contributed by atoms with Crippen LogP contribution in [0.5, 0.6) is 0 Å². The van der Waals surface area contributed by atoms with E-state index in [9.17, 15) is 9.59 Å². The van der Waals surface area contributed by atoms with E-state index < -0.39 is 5.76 Å². The summed E-state index contributed by atoms with van der Waals surface area (Å²) >= 11 is 0. The molecule has 0 saturated carbocycles. The van der Waals surface area contributed by atoms with Crippen LogP contribution in [0.3, 0.4) is 0 Å². The Bertz CT molecular complexity index is 1020. The van der Waals surface area contributed by atoms with E-state index >= 15 is 0 Å². The number of rotatable bonds is 5. The quantitative estimate of drug-likeness (QED) is 0.752. The Morgan fingerprint density at radius 3 is 2.74 bits per heavy atom. The molecule has 140 valence electrons. The number of para-hydroxylation sites is 2. The molecule has 0 radical (unpaired) electrons. The minimum absolute atomic E-state index is 0.0363. The lowest BCUT2D eigenvalue weighted by molar-refractivity contribution is -0.121. The van der Waals surface area contributed by atoms with Crippen molar-refractivity contribution in [2.45, 2.75) is 32.5 Å². The Morgan fingerprint density at radius 1 is 1.15 bits per heavy atom. The molecule has 6 heteroatoms. The number of amides is 1. The summed E-state index contributed by atoms with van der Waals surface area (Å²) in [4.78, 5) is 26.7. The van der Waals surface area contributed by atoms with E-state index in [4.69, 9.17) is 4.42 Å². The highest BCUT2D eigenvalue weighted by Crippen LogP contribution is 2.20. The van der Waals surface area contributed by atoms with Gasteiger partial charge >= 0.3 is 5.76 Å². The van der Waals surface area contributed by atoms with Gasteiger partial charge in [0.15, 0.2) is 5.58 Å². The lowest BCUT2D eigenvalue weighted by Crippen LogP contribution is -2.45. The second kappa shape index (κ2) is 7.40. The van der Waals surface area contributed by atoms with Crippen molar-refractivity contribution in [3.05, 3.63) is 70.2 Å². The normalized spacial score (nSPS) is 15.4. The molecule has 4 rings (SSSR count). The van der Waals surface area contributed by atoms with Crippen LogP contribution in [0.25, 0.3) is 11.1 Å². The third-order valence-corrected chi connectivity index (χ3v) is 5.25. The molecule has 0 fully saturated rings. The molecule has 0 aliphatic carbocycles. The highest BCUT2D eigenvalue weighted by molar-refractivity contribution is 5.79. The first-order chi connectivity index (χ1) is 13.1. The van der Waals surface area contributed by atoms with Crippen molar-refractivity contribution in [2.24, 2.45) is 0 Å². The SMILES string of the molecule is CC(CNC(=O)Cn1c(=O)oc2ccccc21)N1CCc2ccccc2C1. The Kier molecular flexibility index (Phi) is 4.81. The van der Waals surface area contributed by atoms with Crippen molar-refractivity contribution in [2.75, 3.05) is 13.1 Å². The van der Waals surface area contributed by atoms with Gasteiger partial charge in [-0.2, -0.15) is 0 Å². The number of nitrogens with one attached hydrogen (secondary N) is 1. The Hall–Kier alpha value is -2.86. The molecule has 1 N–H and O–H groups in total. The molecule has 3 aromatic rings. The van der Waals surface area contributed by atoms with Crippen molar-refractivity contribution in [3.8, 4) is 0 Å². The second-order valence-electron chi connectivity index (χ2n) is 7.06. The van der Waals surface area contributed by atoms with Gasteiger partial charge in [-0.25, -0.2) is 4.79 Å². The third kappa shape index (κ3) is 3.66. The number of carbonyl (C=O) groups excluding carboxylic acids is 1. The summed E-state index contributed by atoms with van der Waals surface area (Å²) in [6.45, 7) is 4.52. The summed E-state index contributed by atoms with van der Waals surface area (Å²) in [6, 6.07) is 15.9. The molecule has 1 unspecified atom stereocenters. The predicted molar refractivity (Wildman–Crippen MR) is 104 cm³/mol. The van der Waals surface area contributed by atoms with E-state index in [0.717, 1.165) is 19.5 Å². The fraction of sp³-hybridized carbons (Fsp3) is 0.333. The monoisotopic (exact) mass is 365 g/mol. The van der Waals surface area contributed by atoms with Crippen molar-refractivity contribution >= 4 is 17.0 Å². The summed E-state index contributed by atoms with van der Waals surface area (Å²) in [6.07, 6.45) is 1.03. The predicted octanol–water partition coefficient (Wildman–Crippen LogP) is 2.16. The van der Waals surface area contributed by atoms with Crippen LogP contribution in [0.1, 0.15) is 18.1 Å². The minimum Gasteiger partial charge on any atom is -0.408 e. The first-order valence-corrected chi connectivity index (χ1v) is 9.28. The molecule has 1 amide bonds. The Morgan fingerprint density at radius 2 is 1.89 bits per heavy atom. The van der Waals surface area contributed by atoms with Crippen molar-refractivity contribution in [3.63, 3.8) is 0 Å². The molecule has 1 atom stereocenters. The van der Waals surface area contributed by atoms with E-state index in [1.165, 1.54) is 15.7 Å². The highest BCUT2D eigenvalue weighted by atomic mass is 16.4. The van der Waals surface area contributed by atoms with Crippen LogP contribution in [0.2, 0.25) is 0 Å². The molecular formula is C21H23N3O3. The standard InChI is InChI=1S/C21H23N3O3/c1-15(23-11-10-16-6-2-3-7-17(16)13-23)12-22-20(25)14-24-18-8-4-5-9-19(18)27-21(24)26/h2-9,15H,10-14H2,1H3,(H,22,25). The summed E-state index contributed by atoms with van der Waals surface area (Å²) in [5.41, 5.74) is 3.91. The van der Waals surface area contributed by atoms with Crippen LogP contribution >= 0.6 is 0 Å². The van der Waals surface area contributed by atoms with E-state index in [1.54, 1.807) is 18.2 Å². The van der Waals surface area contributed by atoms with E-state index in [1.807, 2.05) is 6.07 Å². The zero-order valence-electron chi connectivity index (χ0n) is 15.4. The van der Waals surface area contributed by atoms with Crippen LogP contribution in [0.15, 0.2) is 57.7 Å². The number of hydrogen-bond acceptors (Lipinski definition) is 4. The highest BCUT2D eigenvalue weighted by Gasteiger charge is 2.21. The number of aromatic nitrogens is 1. The molecule has 1 aromatic heterocycles. The topological polar surface area (TPSA) is 67.5 Å². The maximum Gasteiger partial charge on any atom is 0.420 e. The molecular weight excluding hydrogens is 342 g/mol. The molecule has 6 nitrogen and oxygen atoms in total. The Labute approximate surface area is 157 Å². The zero-order valence-corrected chi connectivity index (χ0v) is 15.4. The summed E-state index contributed by atoms with van der Waals surface area (Å²) in [5, 5.41) is 2.95. The van der Waals surface area contributed by atoms with Crippen LogP contribution in [0, 0.1) is 0 Å². The molecule has 0 bridgehead atoms. The maximum atomic E-state index is 12.4. The van der Waals surface area contributed by atoms with Crippen LogP contribution < -0.4 is 11.1 Å². The van der Waals surface area contributed by atoms with Gasteiger partial charge in [0.2, 0.25) is 5.91 Å². The fourth-order valence-corrected chi connectivity index (χ4v) is 3.65. The molecule has 2 heterocycles. The van der Waals surface area contributed by atoms with Gasteiger partial charge in [-0.1, -0.05) is 36.4 Å². The van der Waals surface area contributed by atoms with E-state index in [-0.39, 0.29) is 18.5 Å².